The highest BCUT2D eigenvalue weighted by Crippen LogP contribution is 2.45. The van der Waals surface area contributed by atoms with Crippen LogP contribution in [0.15, 0.2) is 109 Å². The lowest BCUT2D eigenvalue weighted by Gasteiger charge is -2.27. The third kappa shape index (κ3) is 3.30. The number of nitrogens with zero attached hydrogens (tertiary/aromatic N) is 1. The Bertz CT molecular complexity index is 1090. The zero-order valence-corrected chi connectivity index (χ0v) is 15.6. The smallest absolute Gasteiger partial charge is 0.258 e. The van der Waals surface area contributed by atoms with Crippen LogP contribution < -0.4 is 0 Å². The van der Waals surface area contributed by atoms with Gasteiger partial charge in [-0.3, -0.25) is 10.1 Å². The largest absolute Gasteiger partial charge is 0.284 e. The Kier molecular flexibility index (Phi) is 4.94. The first kappa shape index (κ1) is 18.6. The summed E-state index contributed by atoms with van der Waals surface area (Å²) in [7, 11) is 0. The van der Waals surface area contributed by atoms with Crippen molar-refractivity contribution in [2.45, 2.75) is 5.60 Å². The summed E-state index contributed by atoms with van der Waals surface area (Å²) in [6.45, 7) is 0. The molecule has 0 unspecified atom stereocenters. The first-order valence-electron chi connectivity index (χ1n) is 9.27. The maximum atomic E-state index is 14.5. The van der Waals surface area contributed by atoms with Crippen LogP contribution >= 0.6 is 0 Å². The van der Waals surface area contributed by atoms with Crippen molar-refractivity contribution < 1.29 is 10.0 Å². The second-order valence-electron chi connectivity index (χ2n) is 6.74. The van der Waals surface area contributed by atoms with Gasteiger partial charge >= 0.3 is 0 Å². The third-order valence-electron chi connectivity index (χ3n) is 5.04. The number of para-hydroxylation sites is 1. The van der Waals surface area contributed by atoms with Gasteiger partial charge in [-0.25, -0.2) is 5.11 Å². The van der Waals surface area contributed by atoms with Gasteiger partial charge < -0.3 is 0 Å². The highest BCUT2D eigenvalue weighted by atomic mass is 16.6. The van der Waals surface area contributed by atoms with Crippen LogP contribution in [-0.2, 0) is 10.7 Å². The molecule has 0 fully saturated rings. The van der Waals surface area contributed by atoms with Crippen LogP contribution in [0.4, 0.5) is 5.69 Å². The Hall–Kier alpha value is -3.76. The van der Waals surface area contributed by atoms with E-state index in [9.17, 15) is 15.2 Å². The van der Waals surface area contributed by atoms with E-state index in [-0.39, 0.29) is 11.3 Å². The zero-order chi connectivity index (χ0) is 20.3. The number of benzene rings is 4. The van der Waals surface area contributed by atoms with Crippen LogP contribution in [0.1, 0.15) is 16.7 Å². The predicted octanol–water partition coefficient (Wildman–Crippen LogP) is 5.98. The van der Waals surface area contributed by atoms with Crippen LogP contribution in [0.3, 0.4) is 0 Å². The number of nitro groups is 1. The molecule has 0 amide bonds. The van der Waals surface area contributed by atoms with Crippen molar-refractivity contribution in [3.8, 4) is 11.1 Å². The molecule has 4 aromatic carbocycles. The van der Waals surface area contributed by atoms with Crippen molar-refractivity contribution in [1.82, 2.24) is 0 Å². The molecule has 1 radical (unpaired) electrons. The second kappa shape index (κ2) is 7.70. The lowest BCUT2D eigenvalue weighted by molar-refractivity contribution is -0.385. The van der Waals surface area contributed by atoms with Gasteiger partial charge in [0.1, 0.15) is 0 Å². The Morgan fingerprint density at radius 3 is 1.59 bits per heavy atom. The summed E-state index contributed by atoms with van der Waals surface area (Å²) in [5.41, 5.74) is 0.0850. The van der Waals surface area contributed by atoms with Gasteiger partial charge in [-0.15, -0.1) is 0 Å². The summed E-state index contributed by atoms with van der Waals surface area (Å²) in [6.07, 6.45) is 0. The molecule has 4 rings (SSSR count). The summed E-state index contributed by atoms with van der Waals surface area (Å²) >= 11 is 0. The fraction of sp³-hybridized carbons (Fsp3) is 0.0400. The molecule has 4 heteroatoms. The van der Waals surface area contributed by atoms with E-state index in [2.05, 4.69) is 0 Å². The molecule has 141 valence electrons. The molecule has 0 bridgehead atoms. The van der Waals surface area contributed by atoms with Gasteiger partial charge in [-0.05, 0) is 28.8 Å². The van der Waals surface area contributed by atoms with Crippen molar-refractivity contribution >= 4 is 5.69 Å². The van der Waals surface area contributed by atoms with Gasteiger partial charge in [0.25, 0.3) is 5.69 Å². The molecule has 0 saturated heterocycles. The average molecular weight is 380 g/mol. The molecule has 29 heavy (non-hydrogen) atoms. The molecular formula is C25H18NO3. The van der Waals surface area contributed by atoms with E-state index in [1.54, 1.807) is 66.7 Å². The van der Waals surface area contributed by atoms with Crippen molar-refractivity contribution in [3.63, 3.8) is 0 Å². The number of nitro benzene ring substituents is 1. The second-order valence-corrected chi connectivity index (χ2v) is 6.74. The first-order chi connectivity index (χ1) is 14.1. The van der Waals surface area contributed by atoms with E-state index < -0.39 is 10.5 Å². The first-order valence-corrected chi connectivity index (χ1v) is 9.27. The van der Waals surface area contributed by atoms with E-state index in [4.69, 9.17) is 0 Å². The number of hydrogen-bond donors (Lipinski definition) is 0. The van der Waals surface area contributed by atoms with Crippen LogP contribution in [0.25, 0.3) is 11.1 Å². The van der Waals surface area contributed by atoms with Crippen LogP contribution in [0.5, 0.6) is 0 Å². The molecule has 0 aromatic heterocycles. The van der Waals surface area contributed by atoms with Crippen molar-refractivity contribution in [3.05, 3.63) is 136 Å². The van der Waals surface area contributed by atoms with E-state index >= 15 is 0 Å². The minimum atomic E-state index is -1.92. The SMILES string of the molecule is [O]C(c1ccccc1)(c1ccccc1)c1cccc(-c2ccccc2)c1[N+](=O)[O-]. The van der Waals surface area contributed by atoms with E-state index in [0.29, 0.717) is 22.3 Å². The predicted molar refractivity (Wildman–Crippen MR) is 112 cm³/mol. The third-order valence-corrected chi connectivity index (χ3v) is 5.04. The normalized spacial score (nSPS) is 11.2. The number of hydrogen-bond acceptors (Lipinski definition) is 2. The summed E-state index contributed by atoms with van der Waals surface area (Å²) in [5, 5.41) is 26.7. The Labute approximate surface area is 168 Å². The highest BCUT2D eigenvalue weighted by molar-refractivity contribution is 5.77. The summed E-state index contributed by atoms with van der Waals surface area (Å²) in [5.74, 6) is 0. The molecule has 4 aromatic rings. The molecule has 0 spiro atoms. The number of rotatable bonds is 5. The minimum Gasteiger partial charge on any atom is -0.258 e. The fourth-order valence-electron chi connectivity index (χ4n) is 3.70. The lowest BCUT2D eigenvalue weighted by Crippen LogP contribution is -2.28. The monoisotopic (exact) mass is 380 g/mol. The molecule has 0 heterocycles. The Morgan fingerprint density at radius 2 is 1.10 bits per heavy atom. The van der Waals surface area contributed by atoms with Gasteiger partial charge in [0.2, 0.25) is 0 Å². The molecule has 0 aliphatic rings. The van der Waals surface area contributed by atoms with Gasteiger partial charge in [0, 0.05) is 0 Å². The molecule has 4 nitrogen and oxygen atoms in total. The standard InChI is InChI=1S/C25H18NO3/c27-25(20-13-6-2-7-14-20,21-15-8-3-9-16-21)23-18-10-17-22(24(23)26(28)29)19-11-4-1-5-12-19/h1-18H. The molecule has 0 N–H and O–H groups in total. The molecule has 0 aliphatic carbocycles. The van der Waals surface area contributed by atoms with E-state index in [0.717, 1.165) is 0 Å². The Morgan fingerprint density at radius 1 is 0.621 bits per heavy atom. The lowest BCUT2D eigenvalue weighted by atomic mass is 9.78. The van der Waals surface area contributed by atoms with Gasteiger partial charge in [0.15, 0.2) is 5.60 Å². The van der Waals surface area contributed by atoms with Crippen molar-refractivity contribution in [2.75, 3.05) is 0 Å². The topological polar surface area (TPSA) is 63.0 Å². The van der Waals surface area contributed by atoms with Gasteiger partial charge in [-0.2, -0.15) is 0 Å². The maximum absolute atomic E-state index is 14.5. The maximum Gasteiger partial charge on any atom is 0.284 e. The summed E-state index contributed by atoms with van der Waals surface area (Å²) in [4.78, 5) is 11.7. The van der Waals surface area contributed by atoms with Crippen LogP contribution in [0, 0.1) is 10.1 Å². The Balaban J connectivity index is 2.06. The van der Waals surface area contributed by atoms with E-state index in [1.807, 2.05) is 42.5 Å². The van der Waals surface area contributed by atoms with Crippen molar-refractivity contribution in [2.24, 2.45) is 0 Å². The molecule has 0 saturated carbocycles. The average Bonchev–Trinajstić information content (AvgIpc) is 2.79. The summed E-state index contributed by atoms with van der Waals surface area (Å²) in [6, 6.07) is 31.7. The fourth-order valence-corrected chi connectivity index (χ4v) is 3.70. The van der Waals surface area contributed by atoms with E-state index in [1.165, 1.54) is 0 Å². The van der Waals surface area contributed by atoms with Crippen LogP contribution in [-0.4, -0.2) is 4.92 Å². The molecular weight excluding hydrogens is 362 g/mol. The minimum absolute atomic E-state index is 0.126. The zero-order valence-electron chi connectivity index (χ0n) is 15.6. The van der Waals surface area contributed by atoms with Crippen molar-refractivity contribution in [1.29, 1.82) is 0 Å². The van der Waals surface area contributed by atoms with Crippen LogP contribution in [0.2, 0.25) is 0 Å². The molecule has 0 atom stereocenters. The van der Waals surface area contributed by atoms with Gasteiger partial charge in [-0.1, -0.05) is 97.1 Å². The molecule has 0 aliphatic heterocycles. The highest BCUT2D eigenvalue weighted by Gasteiger charge is 2.42. The summed E-state index contributed by atoms with van der Waals surface area (Å²) < 4.78 is 0. The van der Waals surface area contributed by atoms with Gasteiger partial charge in [0.05, 0.1) is 16.1 Å². The quantitative estimate of drug-likeness (QED) is 0.243.